The van der Waals surface area contributed by atoms with Crippen LogP contribution in [0, 0.1) is 6.92 Å². The molecule has 6 heteroatoms. The van der Waals surface area contributed by atoms with Gasteiger partial charge >= 0.3 is 0 Å². The van der Waals surface area contributed by atoms with Crippen LogP contribution in [-0.2, 0) is 4.79 Å². The Morgan fingerprint density at radius 3 is 2.61 bits per heavy atom. The average Bonchev–Trinajstić information content (AvgIpc) is 2.54. The fourth-order valence-electron chi connectivity index (χ4n) is 1.96. The Morgan fingerprint density at radius 2 is 1.96 bits per heavy atom. The van der Waals surface area contributed by atoms with E-state index in [1.807, 2.05) is 19.1 Å². The molecule has 0 aliphatic heterocycles. The third kappa shape index (κ3) is 4.56. The highest BCUT2D eigenvalue weighted by molar-refractivity contribution is 9.10. The standard InChI is InChI=1S/C17H16BrNO4/c1-11-3-5-16(22-2)14(7-11)19-17(21)10-23-15-6-4-12(9-20)8-13(15)18/h3-9H,10H2,1-2H3,(H,19,21). The number of nitrogens with one attached hydrogen (secondary N) is 1. The maximum atomic E-state index is 12.0. The van der Waals surface area contributed by atoms with Crippen LogP contribution in [0.1, 0.15) is 15.9 Å². The number of aldehydes is 1. The Labute approximate surface area is 142 Å². The number of ether oxygens (including phenoxy) is 2. The number of rotatable bonds is 6. The zero-order valence-corrected chi connectivity index (χ0v) is 14.3. The Balaban J connectivity index is 2.00. The van der Waals surface area contributed by atoms with Crippen LogP contribution in [-0.4, -0.2) is 25.9 Å². The predicted octanol–water partition coefficient (Wildman–Crippen LogP) is 3.60. The third-order valence-electron chi connectivity index (χ3n) is 3.08. The zero-order valence-electron chi connectivity index (χ0n) is 12.8. The van der Waals surface area contributed by atoms with Gasteiger partial charge < -0.3 is 14.8 Å². The molecule has 0 aliphatic carbocycles. The summed E-state index contributed by atoms with van der Waals surface area (Å²) in [5, 5.41) is 2.75. The second-order valence-electron chi connectivity index (χ2n) is 4.85. The van der Waals surface area contributed by atoms with Gasteiger partial charge in [0, 0.05) is 5.56 Å². The van der Waals surface area contributed by atoms with Crippen molar-refractivity contribution in [1.82, 2.24) is 0 Å². The Kier molecular flexibility index (Phi) is 5.76. The van der Waals surface area contributed by atoms with Crippen LogP contribution >= 0.6 is 15.9 Å². The first kappa shape index (κ1) is 17.0. The lowest BCUT2D eigenvalue weighted by Gasteiger charge is -2.12. The van der Waals surface area contributed by atoms with Crippen LogP contribution in [0.25, 0.3) is 0 Å². The average molecular weight is 378 g/mol. The monoisotopic (exact) mass is 377 g/mol. The Hall–Kier alpha value is -2.34. The van der Waals surface area contributed by atoms with E-state index in [0.717, 1.165) is 11.8 Å². The molecule has 5 nitrogen and oxygen atoms in total. The summed E-state index contributed by atoms with van der Waals surface area (Å²) in [5.74, 6) is 0.766. The molecule has 0 aromatic heterocycles. The van der Waals surface area contributed by atoms with Crippen molar-refractivity contribution in [3.05, 3.63) is 52.0 Å². The van der Waals surface area contributed by atoms with Crippen molar-refractivity contribution in [3.63, 3.8) is 0 Å². The van der Waals surface area contributed by atoms with E-state index in [4.69, 9.17) is 9.47 Å². The van der Waals surface area contributed by atoms with E-state index >= 15 is 0 Å². The molecule has 1 N–H and O–H groups in total. The van der Waals surface area contributed by atoms with Gasteiger partial charge in [0.15, 0.2) is 6.61 Å². The molecule has 0 radical (unpaired) electrons. The van der Waals surface area contributed by atoms with Crippen molar-refractivity contribution < 1.29 is 19.1 Å². The summed E-state index contributed by atoms with van der Waals surface area (Å²) in [6.45, 7) is 1.77. The highest BCUT2D eigenvalue weighted by Gasteiger charge is 2.10. The quantitative estimate of drug-likeness (QED) is 0.781. The lowest BCUT2D eigenvalue weighted by atomic mass is 10.2. The number of halogens is 1. The van der Waals surface area contributed by atoms with Gasteiger partial charge in [-0.25, -0.2) is 0 Å². The number of aryl methyl sites for hydroxylation is 1. The van der Waals surface area contributed by atoms with E-state index in [1.165, 1.54) is 0 Å². The molecule has 0 atom stereocenters. The molecule has 0 heterocycles. The number of hydrogen-bond donors (Lipinski definition) is 1. The van der Waals surface area contributed by atoms with Crippen molar-refractivity contribution in [3.8, 4) is 11.5 Å². The number of carbonyl (C=O) groups is 2. The highest BCUT2D eigenvalue weighted by atomic mass is 79.9. The largest absolute Gasteiger partial charge is 0.495 e. The van der Waals surface area contributed by atoms with Gasteiger partial charge in [-0.3, -0.25) is 9.59 Å². The summed E-state index contributed by atoms with van der Waals surface area (Å²) in [7, 11) is 1.54. The van der Waals surface area contributed by atoms with Gasteiger partial charge in [-0.1, -0.05) is 6.07 Å². The fraction of sp³-hybridized carbons (Fsp3) is 0.176. The van der Waals surface area contributed by atoms with Crippen molar-refractivity contribution in [2.75, 3.05) is 19.0 Å². The van der Waals surface area contributed by atoms with Gasteiger partial charge in [0.05, 0.1) is 17.3 Å². The minimum absolute atomic E-state index is 0.157. The van der Waals surface area contributed by atoms with E-state index in [2.05, 4.69) is 21.2 Å². The SMILES string of the molecule is COc1ccc(C)cc1NC(=O)COc1ccc(C=O)cc1Br. The van der Waals surface area contributed by atoms with Crippen LogP contribution in [0.5, 0.6) is 11.5 Å². The van der Waals surface area contributed by atoms with Crippen LogP contribution in [0.15, 0.2) is 40.9 Å². The van der Waals surface area contributed by atoms with E-state index in [0.29, 0.717) is 27.2 Å². The van der Waals surface area contributed by atoms with Crippen molar-refractivity contribution in [2.45, 2.75) is 6.92 Å². The maximum absolute atomic E-state index is 12.0. The first-order valence-corrected chi connectivity index (χ1v) is 7.65. The minimum atomic E-state index is -0.305. The van der Waals surface area contributed by atoms with Crippen LogP contribution in [0.4, 0.5) is 5.69 Å². The van der Waals surface area contributed by atoms with E-state index < -0.39 is 0 Å². The fourth-order valence-corrected chi connectivity index (χ4v) is 2.47. The molecule has 0 fully saturated rings. The van der Waals surface area contributed by atoms with Gasteiger partial charge in [-0.15, -0.1) is 0 Å². The molecular formula is C17H16BrNO4. The molecule has 120 valence electrons. The maximum Gasteiger partial charge on any atom is 0.262 e. The molecular weight excluding hydrogens is 362 g/mol. The number of hydrogen-bond acceptors (Lipinski definition) is 4. The van der Waals surface area contributed by atoms with Crippen LogP contribution < -0.4 is 14.8 Å². The van der Waals surface area contributed by atoms with Gasteiger partial charge in [-0.05, 0) is 58.7 Å². The topological polar surface area (TPSA) is 64.6 Å². The summed E-state index contributed by atoms with van der Waals surface area (Å²) < 4.78 is 11.3. The van der Waals surface area contributed by atoms with E-state index in [1.54, 1.807) is 31.4 Å². The van der Waals surface area contributed by atoms with E-state index in [9.17, 15) is 9.59 Å². The lowest BCUT2D eigenvalue weighted by Crippen LogP contribution is -2.20. The molecule has 0 unspecified atom stereocenters. The molecule has 2 aromatic carbocycles. The third-order valence-corrected chi connectivity index (χ3v) is 3.70. The van der Waals surface area contributed by atoms with E-state index in [-0.39, 0.29) is 12.5 Å². The zero-order chi connectivity index (χ0) is 16.8. The summed E-state index contributed by atoms with van der Waals surface area (Å²) >= 11 is 3.30. The molecule has 23 heavy (non-hydrogen) atoms. The number of anilines is 1. The summed E-state index contributed by atoms with van der Waals surface area (Å²) in [6.07, 6.45) is 0.741. The number of amides is 1. The molecule has 0 bridgehead atoms. The summed E-state index contributed by atoms with van der Waals surface area (Å²) in [4.78, 5) is 22.7. The molecule has 1 amide bonds. The van der Waals surface area contributed by atoms with Crippen LogP contribution in [0.2, 0.25) is 0 Å². The summed E-state index contributed by atoms with van der Waals surface area (Å²) in [5.41, 5.74) is 2.13. The molecule has 0 spiro atoms. The van der Waals surface area contributed by atoms with Gasteiger partial charge in [-0.2, -0.15) is 0 Å². The van der Waals surface area contributed by atoms with Crippen molar-refractivity contribution in [1.29, 1.82) is 0 Å². The minimum Gasteiger partial charge on any atom is -0.495 e. The number of benzene rings is 2. The number of methoxy groups -OCH3 is 1. The lowest BCUT2D eigenvalue weighted by molar-refractivity contribution is -0.118. The first-order chi connectivity index (χ1) is 11.0. The summed E-state index contributed by atoms with van der Waals surface area (Å²) in [6, 6.07) is 10.4. The van der Waals surface area contributed by atoms with Gasteiger partial charge in [0.1, 0.15) is 17.8 Å². The van der Waals surface area contributed by atoms with Crippen molar-refractivity contribution >= 4 is 33.8 Å². The Bertz CT molecular complexity index is 731. The normalized spacial score (nSPS) is 10.0. The molecule has 2 aromatic rings. The molecule has 0 saturated carbocycles. The second-order valence-corrected chi connectivity index (χ2v) is 5.70. The van der Waals surface area contributed by atoms with Crippen LogP contribution in [0.3, 0.4) is 0 Å². The number of carbonyl (C=O) groups excluding carboxylic acids is 2. The molecule has 0 aliphatic rings. The Morgan fingerprint density at radius 1 is 1.22 bits per heavy atom. The first-order valence-electron chi connectivity index (χ1n) is 6.85. The van der Waals surface area contributed by atoms with Gasteiger partial charge in [0.25, 0.3) is 5.91 Å². The van der Waals surface area contributed by atoms with Crippen molar-refractivity contribution in [2.24, 2.45) is 0 Å². The highest BCUT2D eigenvalue weighted by Crippen LogP contribution is 2.27. The predicted molar refractivity (Wildman–Crippen MR) is 91.4 cm³/mol. The smallest absolute Gasteiger partial charge is 0.262 e. The second kappa shape index (κ2) is 7.78. The molecule has 0 saturated heterocycles. The van der Waals surface area contributed by atoms with Gasteiger partial charge in [0.2, 0.25) is 0 Å². The molecule has 2 rings (SSSR count).